The predicted octanol–water partition coefficient (Wildman–Crippen LogP) is 3.05. The SMILES string of the molecule is COc1ccc(NC(=O)CSc2nnc(Cc3ccccc3)n2C)c([N+](=O)[O-])c1. The Morgan fingerprint density at radius 3 is 2.69 bits per heavy atom. The van der Waals surface area contributed by atoms with E-state index in [1.54, 1.807) is 6.07 Å². The second-order valence-electron chi connectivity index (χ2n) is 6.10. The second kappa shape index (κ2) is 9.20. The minimum atomic E-state index is -0.566. The van der Waals surface area contributed by atoms with E-state index in [2.05, 4.69) is 15.5 Å². The molecule has 10 heteroatoms. The monoisotopic (exact) mass is 413 g/mol. The number of nitro groups is 1. The summed E-state index contributed by atoms with van der Waals surface area (Å²) in [4.78, 5) is 22.9. The summed E-state index contributed by atoms with van der Waals surface area (Å²) in [6, 6.07) is 14.2. The molecule has 0 spiro atoms. The third-order valence-electron chi connectivity index (χ3n) is 4.14. The lowest BCUT2D eigenvalue weighted by Crippen LogP contribution is -2.15. The molecule has 0 radical (unpaired) electrons. The van der Waals surface area contributed by atoms with Crippen LogP contribution in [0, 0.1) is 10.1 Å². The fraction of sp³-hybridized carbons (Fsp3) is 0.211. The lowest BCUT2D eigenvalue weighted by Gasteiger charge is -2.07. The zero-order valence-electron chi connectivity index (χ0n) is 15.9. The van der Waals surface area contributed by atoms with Crippen LogP contribution in [0.2, 0.25) is 0 Å². The number of carbonyl (C=O) groups is 1. The molecule has 29 heavy (non-hydrogen) atoms. The topological polar surface area (TPSA) is 112 Å². The van der Waals surface area contributed by atoms with Crippen LogP contribution in [0.4, 0.5) is 11.4 Å². The highest BCUT2D eigenvalue weighted by Crippen LogP contribution is 2.29. The largest absolute Gasteiger partial charge is 0.496 e. The molecule has 1 aromatic heterocycles. The fourth-order valence-corrected chi connectivity index (χ4v) is 3.34. The maximum absolute atomic E-state index is 12.3. The van der Waals surface area contributed by atoms with Gasteiger partial charge in [0.25, 0.3) is 5.69 Å². The highest BCUT2D eigenvalue weighted by Gasteiger charge is 2.18. The molecule has 150 valence electrons. The van der Waals surface area contributed by atoms with E-state index in [0.29, 0.717) is 17.3 Å². The van der Waals surface area contributed by atoms with Crippen LogP contribution in [-0.4, -0.2) is 38.5 Å². The van der Waals surface area contributed by atoms with Gasteiger partial charge in [0.2, 0.25) is 5.91 Å². The molecule has 0 fully saturated rings. The first kappa shape index (κ1) is 20.3. The first-order chi connectivity index (χ1) is 14.0. The number of aromatic nitrogens is 3. The average Bonchev–Trinajstić information content (AvgIpc) is 3.06. The Bertz CT molecular complexity index is 1020. The van der Waals surface area contributed by atoms with Crippen LogP contribution in [0.15, 0.2) is 53.7 Å². The van der Waals surface area contributed by atoms with Gasteiger partial charge in [0.1, 0.15) is 17.3 Å². The Morgan fingerprint density at radius 2 is 2.00 bits per heavy atom. The summed E-state index contributed by atoms with van der Waals surface area (Å²) in [5, 5.41) is 22.7. The van der Waals surface area contributed by atoms with Crippen molar-refractivity contribution < 1.29 is 14.5 Å². The summed E-state index contributed by atoms with van der Waals surface area (Å²) in [7, 11) is 3.26. The number of rotatable bonds is 8. The van der Waals surface area contributed by atoms with Gasteiger partial charge in [0.05, 0.1) is 23.9 Å². The van der Waals surface area contributed by atoms with Gasteiger partial charge >= 0.3 is 0 Å². The molecule has 0 unspecified atom stereocenters. The van der Waals surface area contributed by atoms with E-state index in [0.717, 1.165) is 11.4 Å². The van der Waals surface area contributed by atoms with E-state index in [1.165, 1.54) is 31.0 Å². The third kappa shape index (κ3) is 5.11. The quantitative estimate of drug-likeness (QED) is 0.343. The molecule has 1 heterocycles. The van der Waals surface area contributed by atoms with Crippen molar-refractivity contribution in [2.75, 3.05) is 18.2 Å². The Kier molecular flexibility index (Phi) is 6.45. The van der Waals surface area contributed by atoms with E-state index in [4.69, 9.17) is 4.74 Å². The Morgan fingerprint density at radius 1 is 1.24 bits per heavy atom. The molecule has 0 saturated heterocycles. The minimum Gasteiger partial charge on any atom is -0.496 e. The molecule has 0 aliphatic carbocycles. The molecular formula is C19H19N5O4S. The molecule has 2 aromatic carbocycles. The van der Waals surface area contributed by atoms with Crippen molar-refractivity contribution >= 4 is 29.0 Å². The number of benzene rings is 2. The molecule has 0 aliphatic heterocycles. The minimum absolute atomic E-state index is 0.0422. The van der Waals surface area contributed by atoms with E-state index in [1.807, 2.05) is 41.9 Å². The number of nitro benzene ring substituents is 1. The summed E-state index contributed by atoms with van der Waals surface area (Å²) in [6.45, 7) is 0. The molecule has 3 aromatic rings. The number of nitrogens with zero attached hydrogens (tertiary/aromatic N) is 4. The third-order valence-corrected chi connectivity index (χ3v) is 5.16. The van der Waals surface area contributed by atoms with E-state index in [9.17, 15) is 14.9 Å². The van der Waals surface area contributed by atoms with Crippen molar-refractivity contribution in [3.8, 4) is 5.75 Å². The van der Waals surface area contributed by atoms with Crippen molar-refractivity contribution in [2.24, 2.45) is 7.05 Å². The zero-order valence-corrected chi connectivity index (χ0v) is 16.7. The lowest BCUT2D eigenvalue weighted by atomic mass is 10.1. The van der Waals surface area contributed by atoms with Crippen LogP contribution in [0.5, 0.6) is 5.75 Å². The predicted molar refractivity (Wildman–Crippen MR) is 109 cm³/mol. The number of hydrogen-bond donors (Lipinski definition) is 1. The molecule has 1 N–H and O–H groups in total. The van der Waals surface area contributed by atoms with Crippen LogP contribution in [0.25, 0.3) is 0 Å². The number of hydrogen-bond acceptors (Lipinski definition) is 7. The van der Waals surface area contributed by atoms with Gasteiger partial charge in [0, 0.05) is 13.5 Å². The van der Waals surface area contributed by atoms with Gasteiger partial charge < -0.3 is 14.6 Å². The van der Waals surface area contributed by atoms with Gasteiger partial charge in [-0.3, -0.25) is 14.9 Å². The Labute approximate surface area is 171 Å². The highest BCUT2D eigenvalue weighted by molar-refractivity contribution is 7.99. The number of methoxy groups -OCH3 is 1. The summed E-state index contributed by atoms with van der Waals surface area (Å²) in [6.07, 6.45) is 0.634. The van der Waals surface area contributed by atoms with Crippen LogP contribution in [-0.2, 0) is 18.3 Å². The molecular weight excluding hydrogens is 394 g/mol. The van der Waals surface area contributed by atoms with Gasteiger partial charge in [0.15, 0.2) is 5.16 Å². The van der Waals surface area contributed by atoms with Crippen LogP contribution in [0.1, 0.15) is 11.4 Å². The summed E-state index contributed by atoms with van der Waals surface area (Å²) < 4.78 is 6.82. The van der Waals surface area contributed by atoms with Gasteiger partial charge in [-0.05, 0) is 17.7 Å². The first-order valence-corrected chi connectivity index (χ1v) is 9.63. The van der Waals surface area contributed by atoms with Crippen LogP contribution < -0.4 is 10.1 Å². The number of anilines is 1. The molecule has 0 aliphatic rings. The standard InChI is InChI=1S/C19H19N5O4S/c1-23-17(10-13-6-4-3-5-7-13)21-22-19(23)29-12-18(25)20-15-9-8-14(28-2)11-16(15)24(26)27/h3-9,11H,10,12H2,1-2H3,(H,20,25). The summed E-state index contributed by atoms with van der Waals surface area (Å²) in [5.41, 5.74) is 1.000. The van der Waals surface area contributed by atoms with Crippen molar-refractivity contribution in [3.63, 3.8) is 0 Å². The van der Waals surface area contributed by atoms with E-state index < -0.39 is 4.92 Å². The smallest absolute Gasteiger partial charge is 0.296 e. The number of amides is 1. The fourth-order valence-electron chi connectivity index (χ4n) is 2.61. The molecule has 0 bridgehead atoms. The number of thioether (sulfide) groups is 1. The number of nitrogens with one attached hydrogen (secondary N) is 1. The summed E-state index contributed by atoms with van der Waals surface area (Å²) >= 11 is 1.21. The van der Waals surface area contributed by atoms with Crippen LogP contribution in [0.3, 0.4) is 0 Å². The zero-order chi connectivity index (χ0) is 20.8. The number of ether oxygens (including phenoxy) is 1. The van der Waals surface area contributed by atoms with Gasteiger partial charge in [-0.1, -0.05) is 42.1 Å². The highest BCUT2D eigenvalue weighted by atomic mass is 32.2. The Hall–Kier alpha value is -3.40. The van der Waals surface area contributed by atoms with E-state index in [-0.39, 0.29) is 23.0 Å². The maximum Gasteiger partial charge on any atom is 0.296 e. The Balaban J connectivity index is 1.62. The molecule has 0 saturated carbocycles. The van der Waals surface area contributed by atoms with Gasteiger partial charge in [-0.15, -0.1) is 10.2 Å². The molecule has 9 nitrogen and oxygen atoms in total. The van der Waals surface area contributed by atoms with Crippen LogP contribution >= 0.6 is 11.8 Å². The average molecular weight is 413 g/mol. The molecule has 0 atom stereocenters. The summed E-state index contributed by atoms with van der Waals surface area (Å²) in [5.74, 6) is 0.787. The van der Waals surface area contributed by atoms with Crippen molar-refractivity contribution in [2.45, 2.75) is 11.6 Å². The normalized spacial score (nSPS) is 10.6. The second-order valence-corrected chi connectivity index (χ2v) is 7.04. The van der Waals surface area contributed by atoms with Gasteiger partial charge in [-0.2, -0.15) is 0 Å². The van der Waals surface area contributed by atoms with Gasteiger partial charge in [-0.25, -0.2) is 0 Å². The maximum atomic E-state index is 12.3. The van der Waals surface area contributed by atoms with Crippen molar-refractivity contribution in [1.29, 1.82) is 0 Å². The number of carbonyl (C=O) groups excluding carboxylic acids is 1. The lowest BCUT2D eigenvalue weighted by molar-refractivity contribution is -0.384. The molecule has 3 rings (SSSR count). The van der Waals surface area contributed by atoms with E-state index >= 15 is 0 Å². The molecule has 1 amide bonds. The van der Waals surface area contributed by atoms with Crippen molar-refractivity contribution in [3.05, 3.63) is 70.0 Å². The first-order valence-electron chi connectivity index (χ1n) is 8.65. The van der Waals surface area contributed by atoms with Crippen molar-refractivity contribution in [1.82, 2.24) is 14.8 Å².